The minimum absolute atomic E-state index is 0.115. The topological polar surface area (TPSA) is 82.4 Å². The van der Waals surface area contributed by atoms with Crippen LogP contribution in [0, 0.1) is 11.3 Å². The van der Waals surface area contributed by atoms with E-state index in [2.05, 4.69) is 6.07 Å². The Labute approximate surface area is 185 Å². The maximum atomic E-state index is 10.9. The van der Waals surface area contributed by atoms with Gasteiger partial charge in [0.1, 0.15) is 6.61 Å². The number of benzene rings is 3. The summed E-state index contributed by atoms with van der Waals surface area (Å²) in [5.41, 5.74) is 2.99. The summed E-state index contributed by atoms with van der Waals surface area (Å²) in [4.78, 5) is 10.9. The number of carbonyl (C=O) groups is 1. The van der Waals surface area contributed by atoms with Crippen LogP contribution in [-0.2, 0) is 6.61 Å². The van der Waals surface area contributed by atoms with Crippen LogP contribution in [0.4, 0.5) is 0 Å². The Hall–Kier alpha value is -3.75. The third-order valence-corrected chi connectivity index (χ3v) is 4.69. The molecule has 6 heteroatoms. The van der Waals surface area contributed by atoms with E-state index in [1.807, 2.05) is 19.1 Å². The first-order valence-electron chi connectivity index (χ1n) is 9.58. The van der Waals surface area contributed by atoms with Crippen molar-refractivity contribution < 1.29 is 19.4 Å². The fourth-order valence-corrected chi connectivity index (χ4v) is 3.00. The Bertz CT molecular complexity index is 1130. The normalized spacial score (nSPS) is 10.9. The molecule has 0 amide bonds. The fraction of sp³-hybridized carbons (Fsp3) is 0.120. The number of hydrogen-bond acceptors (Lipinski definition) is 5. The molecule has 0 aliphatic heterocycles. The molecular formula is C25H19ClNO4-. The third kappa shape index (κ3) is 5.88. The molecule has 0 aliphatic rings. The molecule has 0 heterocycles. The molecular weight excluding hydrogens is 414 g/mol. The number of aromatic carboxylic acids is 1. The van der Waals surface area contributed by atoms with E-state index in [0.717, 1.165) is 16.7 Å². The van der Waals surface area contributed by atoms with E-state index in [0.29, 0.717) is 28.7 Å². The smallest absolute Gasteiger partial charge is 0.161 e. The van der Waals surface area contributed by atoms with Crippen molar-refractivity contribution in [3.63, 3.8) is 0 Å². The van der Waals surface area contributed by atoms with E-state index in [9.17, 15) is 15.2 Å². The van der Waals surface area contributed by atoms with Gasteiger partial charge in [-0.2, -0.15) is 5.26 Å². The molecule has 31 heavy (non-hydrogen) atoms. The van der Waals surface area contributed by atoms with Gasteiger partial charge in [-0.05, 0) is 59.5 Å². The number of allylic oxidation sites excluding steroid dienone is 1. The summed E-state index contributed by atoms with van der Waals surface area (Å²) in [6, 6.07) is 21.0. The number of hydrogen-bond donors (Lipinski definition) is 0. The Morgan fingerprint density at radius 1 is 1.00 bits per heavy atom. The van der Waals surface area contributed by atoms with Gasteiger partial charge in [-0.15, -0.1) is 0 Å². The van der Waals surface area contributed by atoms with Crippen LogP contribution < -0.4 is 14.6 Å². The quantitative estimate of drug-likeness (QED) is 0.379. The van der Waals surface area contributed by atoms with Crippen LogP contribution in [0.15, 0.2) is 66.7 Å². The van der Waals surface area contributed by atoms with E-state index < -0.39 is 5.97 Å². The van der Waals surface area contributed by atoms with Crippen LogP contribution in [0.1, 0.15) is 34.0 Å². The number of nitrogens with zero attached hydrogens (tertiary/aromatic N) is 1. The summed E-state index contributed by atoms with van der Waals surface area (Å²) in [7, 11) is 0. The molecule has 0 saturated carbocycles. The zero-order valence-electron chi connectivity index (χ0n) is 16.8. The van der Waals surface area contributed by atoms with Crippen molar-refractivity contribution in [2.45, 2.75) is 13.5 Å². The van der Waals surface area contributed by atoms with Crippen LogP contribution in [0.2, 0.25) is 5.02 Å². The maximum Gasteiger partial charge on any atom is 0.161 e. The highest BCUT2D eigenvalue weighted by Crippen LogP contribution is 2.31. The molecule has 0 unspecified atom stereocenters. The first-order chi connectivity index (χ1) is 15.0. The van der Waals surface area contributed by atoms with Crippen molar-refractivity contribution in [2.75, 3.05) is 6.61 Å². The van der Waals surface area contributed by atoms with Crippen molar-refractivity contribution in [2.24, 2.45) is 0 Å². The van der Waals surface area contributed by atoms with E-state index in [1.54, 1.807) is 48.5 Å². The number of nitriles is 1. The van der Waals surface area contributed by atoms with Gasteiger partial charge < -0.3 is 19.4 Å². The molecule has 156 valence electrons. The average molecular weight is 433 g/mol. The first kappa shape index (κ1) is 21.9. The Morgan fingerprint density at radius 2 is 1.68 bits per heavy atom. The second-order valence-electron chi connectivity index (χ2n) is 6.59. The predicted octanol–water partition coefficient (Wildman–Crippen LogP) is 4.75. The largest absolute Gasteiger partial charge is 0.545 e. The van der Waals surface area contributed by atoms with Gasteiger partial charge >= 0.3 is 0 Å². The van der Waals surface area contributed by atoms with Crippen LogP contribution in [0.25, 0.3) is 11.6 Å². The molecule has 0 N–H and O–H groups in total. The summed E-state index contributed by atoms with van der Waals surface area (Å²) in [6.45, 7) is 2.57. The SMILES string of the molecule is CCOc1cc(/C=C(\C#N)c2ccc(Cl)cc2)ccc1OCc1ccc(C(=O)[O-])cc1. The van der Waals surface area contributed by atoms with Crippen molar-refractivity contribution >= 4 is 29.2 Å². The van der Waals surface area contributed by atoms with Crippen LogP contribution in [-0.4, -0.2) is 12.6 Å². The molecule has 0 atom stereocenters. The molecule has 0 radical (unpaired) electrons. The van der Waals surface area contributed by atoms with Crippen LogP contribution in [0.5, 0.6) is 11.5 Å². The predicted molar refractivity (Wildman–Crippen MR) is 118 cm³/mol. The van der Waals surface area contributed by atoms with Gasteiger partial charge in [0.05, 0.1) is 24.2 Å². The molecule has 0 spiro atoms. The van der Waals surface area contributed by atoms with E-state index in [1.165, 1.54) is 12.1 Å². The lowest BCUT2D eigenvalue weighted by atomic mass is 10.0. The summed E-state index contributed by atoms with van der Waals surface area (Å²) >= 11 is 5.93. The third-order valence-electron chi connectivity index (χ3n) is 4.44. The fourth-order valence-electron chi connectivity index (χ4n) is 2.88. The van der Waals surface area contributed by atoms with E-state index in [-0.39, 0.29) is 12.2 Å². The zero-order valence-corrected chi connectivity index (χ0v) is 17.6. The Morgan fingerprint density at radius 3 is 2.29 bits per heavy atom. The Kier molecular flexibility index (Phi) is 7.31. The van der Waals surface area contributed by atoms with Crippen molar-refractivity contribution in [1.29, 1.82) is 5.26 Å². The standard InChI is InChI=1S/C25H20ClNO4/c1-2-30-24-14-18(13-21(15-27)19-8-10-22(26)11-9-19)5-12-23(24)31-16-17-3-6-20(7-4-17)25(28)29/h3-14H,2,16H2,1H3,(H,28,29)/p-1/b21-13+. The molecule has 0 aliphatic carbocycles. The summed E-state index contributed by atoms with van der Waals surface area (Å²) in [6.07, 6.45) is 1.77. The first-order valence-corrected chi connectivity index (χ1v) is 9.95. The highest BCUT2D eigenvalue weighted by atomic mass is 35.5. The monoisotopic (exact) mass is 432 g/mol. The lowest BCUT2D eigenvalue weighted by Gasteiger charge is -2.13. The van der Waals surface area contributed by atoms with Gasteiger partial charge in [0.25, 0.3) is 0 Å². The Balaban J connectivity index is 1.80. The van der Waals surface area contributed by atoms with Crippen molar-refractivity contribution in [3.05, 3.63) is 94.0 Å². The number of carboxylic acids is 1. The zero-order chi connectivity index (χ0) is 22.2. The molecule has 5 nitrogen and oxygen atoms in total. The van der Waals surface area contributed by atoms with Gasteiger partial charge in [0.2, 0.25) is 0 Å². The lowest BCUT2D eigenvalue weighted by Crippen LogP contribution is -2.22. The second kappa shape index (κ2) is 10.3. The number of ether oxygens (including phenoxy) is 2. The van der Waals surface area contributed by atoms with Crippen molar-refractivity contribution in [3.8, 4) is 17.6 Å². The number of halogens is 1. The summed E-state index contributed by atoms with van der Waals surface area (Å²) in [5, 5.41) is 21.0. The molecule has 3 aromatic carbocycles. The molecule has 0 bridgehead atoms. The van der Waals surface area contributed by atoms with Gasteiger partial charge in [-0.3, -0.25) is 0 Å². The van der Waals surface area contributed by atoms with Gasteiger partial charge in [0, 0.05) is 5.02 Å². The molecule has 0 fully saturated rings. The van der Waals surface area contributed by atoms with Crippen molar-refractivity contribution in [1.82, 2.24) is 0 Å². The van der Waals surface area contributed by atoms with Crippen LogP contribution >= 0.6 is 11.6 Å². The van der Waals surface area contributed by atoms with Gasteiger partial charge in [-0.25, -0.2) is 0 Å². The lowest BCUT2D eigenvalue weighted by molar-refractivity contribution is -0.255. The molecule has 3 rings (SSSR count). The molecule has 3 aromatic rings. The second-order valence-corrected chi connectivity index (χ2v) is 7.03. The molecule has 0 aromatic heterocycles. The summed E-state index contributed by atoms with van der Waals surface area (Å²) < 4.78 is 11.6. The summed E-state index contributed by atoms with van der Waals surface area (Å²) in [5.74, 6) is -0.117. The van der Waals surface area contributed by atoms with Crippen LogP contribution in [0.3, 0.4) is 0 Å². The average Bonchev–Trinajstić information content (AvgIpc) is 2.78. The van der Waals surface area contributed by atoms with Gasteiger partial charge in [-0.1, -0.05) is 54.1 Å². The van der Waals surface area contributed by atoms with Gasteiger partial charge in [0.15, 0.2) is 11.5 Å². The molecule has 0 saturated heterocycles. The number of carbonyl (C=O) groups excluding carboxylic acids is 1. The number of carboxylic acid groups (broad SMARTS) is 1. The van der Waals surface area contributed by atoms with E-state index in [4.69, 9.17) is 21.1 Å². The maximum absolute atomic E-state index is 10.9. The van der Waals surface area contributed by atoms with E-state index >= 15 is 0 Å². The highest BCUT2D eigenvalue weighted by Gasteiger charge is 2.08. The number of rotatable bonds is 8. The minimum atomic E-state index is -1.22. The minimum Gasteiger partial charge on any atom is -0.545 e. The highest BCUT2D eigenvalue weighted by molar-refractivity contribution is 6.30.